The fourth-order valence-corrected chi connectivity index (χ4v) is 3.18. The zero-order valence-corrected chi connectivity index (χ0v) is 13.8. The summed E-state index contributed by atoms with van der Waals surface area (Å²) in [5.41, 5.74) is 2.45. The van der Waals surface area contributed by atoms with Crippen molar-refractivity contribution in [3.63, 3.8) is 0 Å². The van der Waals surface area contributed by atoms with Crippen molar-refractivity contribution in [2.45, 2.75) is 16.8 Å². The Bertz CT molecular complexity index is 999. The molecule has 0 saturated carbocycles. The summed E-state index contributed by atoms with van der Waals surface area (Å²) in [4.78, 5) is 0.192. The lowest BCUT2D eigenvalue weighted by Gasteiger charge is -2.02. The van der Waals surface area contributed by atoms with Gasteiger partial charge in [-0.15, -0.1) is 10.2 Å². The molecule has 1 heterocycles. The molecule has 0 fully saturated rings. The van der Waals surface area contributed by atoms with E-state index in [2.05, 4.69) is 22.0 Å². The van der Waals surface area contributed by atoms with Crippen LogP contribution in [0.3, 0.4) is 0 Å². The van der Waals surface area contributed by atoms with Gasteiger partial charge in [0.05, 0.1) is 4.90 Å². The van der Waals surface area contributed by atoms with Gasteiger partial charge in [0.1, 0.15) is 5.69 Å². The fraction of sp³-hybridized carbons (Fsp3) is 0.0526. The van der Waals surface area contributed by atoms with E-state index in [1.807, 2.05) is 31.2 Å². The summed E-state index contributed by atoms with van der Waals surface area (Å²) in [6.07, 6.45) is 0. The van der Waals surface area contributed by atoms with Crippen molar-refractivity contribution in [3.05, 3.63) is 83.6 Å². The van der Waals surface area contributed by atoms with Crippen LogP contribution in [0, 0.1) is 18.8 Å². The van der Waals surface area contributed by atoms with Crippen LogP contribution >= 0.6 is 0 Å². The van der Waals surface area contributed by atoms with Gasteiger partial charge >= 0.3 is 0 Å². The predicted octanol–water partition coefficient (Wildman–Crippen LogP) is 3.02. The van der Waals surface area contributed by atoms with Gasteiger partial charge in [0.15, 0.2) is 5.03 Å². The van der Waals surface area contributed by atoms with Crippen LogP contribution < -0.4 is 0 Å². The zero-order valence-electron chi connectivity index (χ0n) is 13.0. The van der Waals surface area contributed by atoms with Gasteiger partial charge in [-0.1, -0.05) is 41.8 Å². The minimum atomic E-state index is -3.65. The minimum absolute atomic E-state index is 0.0883. The van der Waals surface area contributed by atoms with Crippen molar-refractivity contribution >= 4 is 9.84 Å². The van der Waals surface area contributed by atoms with Gasteiger partial charge in [0, 0.05) is 5.56 Å². The number of benzene rings is 2. The lowest BCUT2D eigenvalue weighted by Crippen LogP contribution is -2.05. The summed E-state index contributed by atoms with van der Waals surface area (Å²) in [6, 6.07) is 18.9. The first-order valence-electron chi connectivity index (χ1n) is 7.28. The Labute approximate surface area is 141 Å². The van der Waals surface area contributed by atoms with Gasteiger partial charge < -0.3 is 0 Å². The van der Waals surface area contributed by atoms with Crippen molar-refractivity contribution in [3.8, 4) is 11.8 Å². The summed E-state index contributed by atoms with van der Waals surface area (Å²) >= 11 is 0. The highest BCUT2D eigenvalue weighted by Gasteiger charge is 2.19. The maximum atomic E-state index is 12.4. The van der Waals surface area contributed by atoms with E-state index < -0.39 is 9.84 Å². The monoisotopic (exact) mass is 334 g/mol. The number of rotatable bonds is 2. The molecule has 0 N–H and O–H groups in total. The lowest BCUT2D eigenvalue weighted by molar-refractivity contribution is 0.590. The van der Waals surface area contributed by atoms with Crippen LogP contribution in [0.4, 0.5) is 0 Å². The molecule has 1 aromatic heterocycles. The van der Waals surface area contributed by atoms with Crippen LogP contribution in [0.1, 0.15) is 16.8 Å². The molecule has 0 radical (unpaired) electrons. The van der Waals surface area contributed by atoms with Crippen molar-refractivity contribution in [1.82, 2.24) is 10.2 Å². The molecule has 0 aliphatic rings. The molecule has 0 atom stereocenters. The predicted molar refractivity (Wildman–Crippen MR) is 91.1 cm³/mol. The van der Waals surface area contributed by atoms with E-state index in [4.69, 9.17) is 0 Å². The summed E-state index contributed by atoms with van der Waals surface area (Å²) in [7, 11) is -3.65. The SMILES string of the molecule is Cc1ccc(C#Cc2ccc(S(=O)(=O)c3ccccc3)nn2)cc1. The largest absolute Gasteiger partial charge is 0.225 e. The molecule has 0 bridgehead atoms. The molecule has 24 heavy (non-hydrogen) atoms. The number of hydrogen-bond donors (Lipinski definition) is 0. The highest BCUT2D eigenvalue weighted by Crippen LogP contribution is 2.17. The van der Waals surface area contributed by atoms with Crippen LogP contribution in [-0.2, 0) is 9.84 Å². The summed E-state index contributed by atoms with van der Waals surface area (Å²) in [5, 5.41) is 7.62. The van der Waals surface area contributed by atoms with E-state index in [1.165, 1.54) is 18.2 Å². The summed E-state index contributed by atoms with van der Waals surface area (Å²) < 4.78 is 24.8. The smallest absolute Gasteiger partial charge is 0.217 e. The first kappa shape index (κ1) is 15.9. The number of nitrogens with zero attached hydrogens (tertiary/aromatic N) is 2. The van der Waals surface area contributed by atoms with Crippen LogP contribution in [0.2, 0.25) is 0 Å². The second kappa shape index (κ2) is 6.65. The summed E-state index contributed by atoms with van der Waals surface area (Å²) in [6.45, 7) is 2.01. The van der Waals surface area contributed by atoms with Crippen molar-refractivity contribution in [2.75, 3.05) is 0 Å². The number of sulfone groups is 1. The first-order valence-corrected chi connectivity index (χ1v) is 8.76. The molecule has 0 saturated heterocycles. The number of aromatic nitrogens is 2. The molecule has 3 rings (SSSR count). The van der Waals surface area contributed by atoms with Gasteiger partial charge in [-0.2, -0.15) is 0 Å². The van der Waals surface area contributed by atoms with E-state index in [9.17, 15) is 8.42 Å². The molecular weight excluding hydrogens is 320 g/mol. The second-order valence-electron chi connectivity index (χ2n) is 5.19. The number of aryl methyl sites for hydroxylation is 1. The molecule has 2 aromatic carbocycles. The normalized spacial score (nSPS) is 10.7. The van der Waals surface area contributed by atoms with E-state index in [0.29, 0.717) is 5.69 Å². The average molecular weight is 334 g/mol. The van der Waals surface area contributed by atoms with Crippen LogP contribution in [0.25, 0.3) is 0 Å². The van der Waals surface area contributed by atoms with Crippen LogP contribution in [0.5, 0.6) is 0 Å². The van der Waals surface area contributed by atoms with Crippen molar-refractivity contribution in [2.24, 2.45) is 0 Å². The Morgan fingerprint density at radius 1 is 0.792 bits per heavy atom. The van der Waals surface area contributed by atoms with E-state index in [0.717, 1.165) is 11.1 Å². The molecule has 0 aliphatic heterocycles. The molecule has 0 unspecified atom stereocenters. The molecule has 0 aliphatic carbocycles. The van der Waals surface area contributed by atoms with Gasteiger partial charge in [-0.05, 0) is 49.2 Å². The van der Waals surface area contributed by atoms with Crippen molar-refractivity contribution in [1.29, 1.82) is 0 Å². The molecular formula is C19H14N2O2S. The Morgan fingerprint density at radius 3 is 2.12 bits per heavy atom. The average Bonchev–Trinajstić information content (AvgIpc) is 2.62. The molecule has 0 spiro atoms. The Balaban J connectivity index is 1.85. The Morgan fingerprint density at radius 2 is 1.50 bits per heavy atom. The second-order valence-corrected chi connectivity index (χ2v) is 7.09. The van der Waals surface area contributed by atoms with E-state index >= 15 is 0 Å². The Kier molecular flexibility index (Phi) is 4.41. The van der Waals surface area contributed by atoms with Crippen LogP contribution in [-0.4, -0.2) is 18.6 Å². The maximum absolute atomic E-state index is 12.4. The van der Waals surface area contributed by atoms with E-state index in [1.54, 1.807) is 24.3 Å². The third-order valence-corrected chi connectivity index (χ3v) is 5.02. The quantitative estimate of drug-likeness (QED) is 0.676. The lowest BCUT2D eigenvalue weighted by atomic mass is 10.1. The molecule has 5 heteroatoms. The van der Waals surface area contributed by atoms with Gasteiger partial charge in [-0.25, -0.2) is 8.42 Å². The maximum Gasteiger partial charge on any atom is 0.225 e. The third kappa shape index (κ3) is 3.50. The third-order valence-electron chi connectivity index (χ3n) is 3.36. The van der Waals surface area contributed by atoms with Gasteiger partial charge in [0.2, 0.25) is 9.84 Å². The molecule has 3 aromatic rings. The highest BCUT2D eigenvalue weighted by atomic mass is 32.2. The standard InChI is InChI=1S/C19H14N2O2S/c1-15-7-9-16(10-8-15)11-12-17-13-14-19(21-20-17)24(22,23)18-5-3-2-4-6-18/h2-10,13-14H,1H3. The van der Waals surface area contributed by atoms with Crippen molar-refractivity contribution < 1.29 is 8.42 Å². The van der Waals surface area contributed by atoms with Crippen LogP contribution in [0.15, 0.2) is 76.7 Å². The minimum Gasteiger partial charge on any atom is -0.217 e. The summed E-state index contributed by atoms with van der Waals surface area (Å²) in [5.74, 6) is 5.86. The van der Waals surface area contributed by atoms with Gasteiger partial charge in [0.25, 0.3) is 0 Å². The molecule has 0 amide bonds. The van der Waals surface area contributed by atoms with Gasteiger partial charge in [-0.3, -0.25) is 0 Å². The Hall–Kier alpha value is -2.97. The van der Waals surface area contributed by atoms with E-state index in [-0.39, 0.29) is 9.92 Å². The highest BCUT2D eigenvalue weighted by molar-refractivity contribution is 7.91. The molecule has 4 nitrogen and oxygen atoms in total. The first-order chi connectivity index (χ1) is 11.6. The topological polar surface area (TPSA) is 59.9 Å². The number of hydrogen-bond acceptors (Lipinski definition) is 4. The zero-order chi connectivity index (χ0) is 17.0. The molecule has 118 valence electrons. The fourth-order valence-electron chi connectivity index (χ4n) is 2.02.